The molecule has 3 rings (SSSR count). The van der Waals surface area contributed by atoms with Gasteiger partial charge in [-0.25, -0.2) is 0 Å². The van der Waals surface area contributed by atoms with Crippen molar-refractivity contribution in [3.63, 3.8) is 0 Å². The zero-order valence-corrected chi connectivity index (χ0v) is 14.9. The molecule has 4 nitrogen and oxygen atoms in total. The van der Waals surface area contributed by atoms with Gasteiger partial charge in [-0.2, -0.15) is 0 Å². The standard InChI is InChI=1S/C20H21ClN2O2/c1-14(24)22-17-10-8-15(9-11-17)20(25)23-12-4-6-18(23)13-16-5-2-3-7-19(16)21/h2-3,5,7-11,18H,4,6,12-13H2,1H3,(H,22,24). The summed E-state index contributed by atoms with van der Waals surface area (Å²) in [5.74, 6) is -0.0950. The molecule has 1 heterocycles. The summed E-state index contributed by atoms with van der Waals surface area (Å²) in [6, 6.07) is 15.0. The Balaban J connectivity index is 1.72. The van der Waals surface area contributed by atoms with Gasteiger partial charge in [-0.15, -0.1) is 0 Å². The van der Waals surface area contributed by atoms with Crippen molar-refractivity contribution in [1.82, 2.24) is 4.90 Å². The van der Waals surface area contributed by atoms with Crippen molar-refractivity contribution in [3.05, 3.63) is 64.7 Å². The van der Waals surface area contributed by atoms with Crippen LogP contribution in [-0.2, 0) is 11.2 Å². The van der Waals surface area contributed by atoms with E-state index in [4.69, 9.17) is 11.6 Å². The molecule has 0 radical (unpaired) electrons. The zero-order valence-electron chi connectivity index (χ0n) is 14.2. The molecule has 1 saturated heterocycles. The number of likely N-dealkylation sites (tertiary alicyclic amines) is 1. The molecule has 0 aromatic heterocycles. The van der Waals surface area contributed by atoms with Gasteiger partial charge in [0.1, 0.15) is 0 Å². The molecule has 0 aliphatic carbocycles. The summed E-state index contributed by atoms with van der Waals surface area (Å²) >= 11 is 6.27. The van der Waals surface area contributed by atoms with Gasteiger partial charge < -0.3 is 10.2 Å². The van der Waals surface area contributed by atoms with E-state index in [1.807, 2.05) is 29.2 Å². The first kappa shape index (κ1) is 17.5. The monoisotopic (exact) mass is 356 g/mol. The first-order valence-electron chi connectivity index (χ1n) is 8.46. The molecular formula is C20H21ClN2O2. The zero-order chi connectivity index (χ0) is 17.8. The Labute approximate surface area is 152 Å². The van der Waals surface area contributed by atoms with Gasteiger partial charge in [0, 0.05) is 35.8 Å². The van der Waals surface area contributed by atoms with E-state index in [-0.39, 0.29) is 17.9 Å². The Bertz CT molecular complexity index is 774. The van der Waals surface area contributed by atoms with Gasteiger partial charge in [-0.1, -0.05) is 29.8 Å². The fourth-order valence-corrected chi connectivity index (χ4v) is 3.51. The lowest BCUT2D eigenvalue weighted by atomic mass is 10.0. The molecule has 1 unspecified atom stereocenters. The Morgan fingerprint density at radius 2 is 1.88 bits per heavy atom. The Morgan fingerprint density at radius 1 is 1.16 bits per heavy atom. The van der Waals surface area contributed by atoms with Crippen LogP contribution in [0.25, 0.3) is 0 Å². The summed E-state index contributed by atoms with van der Waals surface area (Å²) in [5.41, 5.74) is 2.41. The van der Waals surface area contributed by atoms with Crippen LogP contribution in [0.5, 0.6) is 0 Å². The lowest BCUT2D eigenvalue weighted by molar-refractivity contribution is -0.114. The highest BCUT2D eigenvalue weighted by molar-refractivity contribution is 6.31. The predicted octanol–water partition coefficient (Wildman–Crippen LogP) is 4.15. The van der Waals surface area contributed by atoms with Crippen molar-refractivity contribution in [2.75, 3.05) is 11.9 Å². The van der Waals surface area contributed by atoms with Crippen molar-refractivity contribution in [1.29, 1.82) is 0 Å². The number of hydrogen-bond acceptors (Lipinski definition) is 2. The maximum Gasteiger partial charge on any atom is 0.254 e. The van der Waals surface area contributed by atoms with Crippen LogP contribution in [0.3, 0.4) is 0 Å². The van der Waals surface area contributed by atoms with Crippen molar-refractivity contribution >= 4 is 29.1 Å². The van der Waals surface area contributed by atoms with E-state index in [0.29, 0.717) is 11.3 Å². The molecule has 25 heavy (non-hydrogen) atoms. The Kier molecular flexibility index (Phi) is 5.39. The number of carbonyl (C=O) groups excluding carboxylic acids is 2. The highest BCUT2D eigenvalue weighted by atomic mass is 35.5. The van der Waals surface area contributed by atoms with Crippen LogP contribution in [-0.4, -0.2) is 29.3 Å². The smallest absolute Gasteiger partial charge is 0.254 e. The number of amides is 2. The lowest BCUT2D eigenvalue weighted by Crippen LogP contribution is -2.36. The molecule has 5 heteroatoms. The van der Waals surface area contributed by atoms with E-state index in [1.165, 1.54) is 6.92 Å². The number of benzene rings is 2. The third-order valence-corrected chi connectivity index (χ3v) is 4.87. The van der Waals surface area contributed by atoms with Crippen LogP contribution in [0.15, 0.2) is 48.5 Å². The van der Waals surface area contributed by atoms with E-state index in [1.54, 1.807) is 24.3 Å². The Hall–Kier alpha value is -2.33. The molecule has 0 bridgehead atoms. The highest BCUT2D eigenvalue weighted by Gasteiger charge is 2.29. The molecule has 0 spiro atoms. The number of nitrogens with zero attached hydrogens (tertiary/aromatic N) is 1. The maximum atomic E-state index is 12.9. The summed E-state index contributed by atoms with van der Waals surface area (Å²) < 4.78 is 0. The number of carbonyl (C=O) groups is 2. The normalized spacial score (nSPS) is 16.7. The van der Waals surface area contributed by atoms with E-state index < -0.39 is 0 Å². The van der Waals surface area contributed by atoms with Crippen LogP contribution in [0.4, 0.5) is 5.69 Å². The summed E-state index contributed by atoms with van der Waals surface area (Å²) in [6.07, 6.45) is 2.77. The van der Waals surface area contributed by atoms with Crippen LogP contribution in [0.1, 0.15) is 35.7 Å². The van der Waals surface area contributed by atoms with Crippen LogP contribution >= 0.6 is 11.6 Å². The van der Waals surface area contributed by atoms with Crippen molar-refractivity contribution in [2.24, 2.45) is 0 Å². The fourth-order valence-electron chi connectivity index (χ4n) is 3.30. The number of rotatable bonds is 4. The van der Waals surface area contributed by atoms with Crippen molar-refractivity contribution in [3.8, 4) is 0 Å². The molecule has 2 amide bonds. The number of nitrogens with one attached hydrogen (secondary N) is 1. The van der Waals surface area contributed by atoms with Gasteiger partial charge in [0.05, 0.1) is 0 Å². The number of anilines is 1. The molecule has 1 aliphatic rings. The summed E-state index contributed by atoms with van der Waals surface area (Å²) in [6.45, 7) is 2.23. The third-order valence-electron chi connectivity index (χ3n) is 4.50. The van der Waals surface area contributed by atoms with E-state index in [0.717, 1.165) is 36.4 Å². The molecule has 0 saturated carbocycles. The highest BCUT2D eigenvalue weighted by Crippen LogP contribution is 2.26. The molecule has 130 valence electrons. The SMILES string of the molecule is CC(=O)Nc1ccc(C(=O)N2CCCC2Cc2ccccc2Cl)cc1. The van der Waals surface area contributed by atoms with Crippen LogP contribution < -0.4 is 5.32 Å². The average molecular weight is 357 g/mol. The molecular weight excluding hydrogens is 336 g/mol. The molecule has 1 N–H and O–H groups in total. The second-order valence-corrected chi connectivity index (χ2v) is 6.76. The van der Waals surface area contributed by atoms with Gasteiger partial charge in [0.15, 0.2) is 0 Å². The van der Waals surface area contributed by atoms with Gasteiger partial charge >= 0.3 is 0 Å². The van der Waals surface area contributed by atoms with E-state index in [9.17, 15) is 9.59 Å². The number of hydrogen-bond donors (Lipinski definition) is 1. The molecule has 1 fully saturated rings. The topological polar surface area (TPSA) is 49.4 Å². The van der Waals surface area contributed by atoms with Gasteiger partial charge in [-0.05, 0) is 55.2 Å². The second kappa shape index (κ2) is 7.70. The summed E-state index contributed by atoms with van der Waals surface area (Å²) in [5, 5.41) is 3.46. The maximum absolute atomic E-state index is 12.9. The molecule has 1 aliphatic heterocycles. The minimum absolute atomic E-state index is 0.0314. The second-order valence-electron chi connectivity index (χ2n) is 6.35. The van der Waals surface area contributed by atoms with Crippen LogP contribution in [0.2, 0.25) is 5.02 Å². The quantitative estimate of drug-likeness (QED) is 0.894. The fraction of sp³-hybridized carbons (Fsp3) is 0.300. The van der Waals surface area contributed by atoms with Gasteiger partial charge in [0.2, 0.25) is 5.91 Å². The minimum Gasteiger partial charge on any atom is -0.335 e. The molecule has 2 aromatic carbocycles. The molecule has 2 aromatic rings. The van der Waals surface area contributed by atoms with Gasteiger partial charge in [0.25, 0.3) is 5.91 Å². The Morgan fingerprint density at radius 3 is 2.56 bits per heavy atom. The largest absolute Gasteiger partial charge is 0.335 e. The third kappa shape index (κ3) is 4.20. The van der Waals surface area contributed by atoms with E-state index in [2.05, 4.69) is 5.32 Å². The summed E-state index contributed by atoms with van der Waals surface area (Å²) in [4.78, 5) is 25.9. The van der Waals surface area contributed by atoms with E-state index >= 15 is 0 Å². The average Bonchev–Trinajstić information content (AvgIpc) is 3.05. The first-order valence-corrected chi connectivity index (χ1v) is 8.84. The predicted molar refractivity (Wildman–Crippen MR) is 100.0 cm³/mol. The van der Waals surface area contributed by atoms with Gasteiger partial charge in [-0.3, -0.25) is 9.59 Å². The number of halogens is 1. The molecule has 1 atom stereocenters. The van der Waals surface area contributed by atoms with Crippen molar-refractivity contribution < 1.29 is 9.59 Å². The first-order chi connectivity index (χ1) is 12.0. The van der Waals surface area contributed by atoms with Crippen molar-refractivity contribution in [2.45, 2.75) is 32.2 Å². The summed E-state index contributed by atoms with van der Waals surface area (Å²) in [7, 11) is 0. The lowest BCUT2D eigenvalue weighted by Gasteiger charge is -2.25. The van der Waals surface area contributed by atoms with Crippen LogP contribution in [0, 0.1) is 0 Å². The minimum atomic E-state index is -0.126.